The van der Waals surface area contributed by atoms with E-state index >= 15 is 0 Å². The fourth-order valence-electron chi connectivity index (χ4n) is 2.30. The molecule has 2 nitrogen and oxygen atoms in total. The van der Waals surface area contributed by atoms with Crippen LogP contribution in [-0.4, -0.2) is 6.61 Å². The van der Waals surface area contributed by atoms with E-state index in [1.165, 1.54) is 30.4 Å². The summed E-state index contributed by atoms with van der Waals surface area (Å²) in [6.45, 7) is 4.93. The van der Waals surface area contributed by atoms with Crippen LogP contribution in [0.25, 0.3) is 0 Å². The molecule has 1 aliphatic carbocycles. The highest BCUT2D eigenvalue weighted by Gasteiger charge is 2.31. The first-order valence-corrected chi connectivity index (χ1v) is 6.77. The minimum absolute atomic E-state index is 0.161. The lowest BCUT2D eigenvalue weighted by molar-refractivity contribution is 0.332. The minimum atomic E-state index is 0.161. The number of ether oxygens (including phenoxy) is 1. The van der Waals surface area contributed by atoms with Crippen molar-refractivity contribution in [1.82, 2.24) is 0 Å². The summed E-state index contributed by atoms with van der Waals surface area (Å²) in [4.78, 5) is 0. The number of rotatable bonds is 6. The van der Waals surface area contributed by atoms with E-state index in [1.807, 2.05) is 6.92 Å². The summed E-state index contributed by atoms with van der Waals surface area (Å²) in [7, 11) is 0. The summed E-state index contributed by atoms with van der Waals surface area (Å²) < 4.78 is 5.69. The first-order valence-electron chi connectivity index (χ1n) is 6.77. The Hall–Kier alpha value is -1.02. The molecule has 0 heterocycles. The van der Waals surface area contributed by atoms with Gasteiger partial charge in [-0.3, -0.25) is 0 Å². The summed E-state index contributed by atoms with van der Waals surface area (Å²) in [5.74, 6) is 1.65. The van der Waals surface area contributed by atoms with Crippen molar-refractivity contribution in [3.8, 4) is 5.75 Å². The summed E-state index contributed by atoms with van der Waals surface area (Å²) in [6.07, 6.45) is 4.83. The third-order valence-electron chi connectivity index (χ3n) is 3.40. The van der Waals surface area contributed by atoms with Crippen molar-refractivity contribution in [2.75, 3.05) is 6.61 Å². The van der Waals surface area contributed by atoms with Gasteiger partial charge in [0.2, 0.25) is 0 Å². The van der Waals surface area contributed by atoms with Crippen LogP contribution in [0.4, 0.5) is 0 Å². The van der Waals surface area contributed by atoms with Crippen molar-refractivity contribution in [2.24, 2.45) is 11.7 Å². The minimum Gasteiger partial charge on any atom is -0.494 e. The third kappa shape index (κ3) is 3.01. The summed E-state index contributed by atoms with van der Waals surface area (Å²) in [5, 5.41) is 0. The van der Waals surface area contributed by atoms with Crippen molar-refractivity contribution in [1.29, 1.82) is 0 Å². The molecule has 0 bridgehead atoms. The number of hydrogen-bond acceptors (Lipinski definition) is 2. The van der Waals surface area contributed by atoms with Crippen LogP contribution in [-0.2, 0) is 6.42 Å². The Morgan fingerprint density at radius 3 is 2.71 bits per heavy atom. The monoisotopic (exact) mass is 233 g/mol. The molecule has 1 saturated carbocycles. The maximum absolute atomic E-state index is 6.32. The van der Waals surface area contributed by atoms with Crippen molar-refractivity contribution >= 4 is 0 Å². The Labute approximate surface area is 104 Å². The molecule has 1 aromatic carbocycles. The van der Waals surface area contributed by atoms with Gasteiger partial charge in [-0.05, 0) is 43.7 Å². The predicted molar refractivity (Wildman–Crippen MR) is 71.3 cm³/mol. The molecular formula is C15H23NO. The van der Waals surface area contributed by atoms with Gasteiger partial charge in [0.15, 0.2) is 0 Å². The Morgan fingerprint density at radius 1 is 1.35 bits per heavy atom. The molecule has 2 rings (SSSR count). The van der Waals surface area contributed by atoms with Gasteiger partial charge in [0.1, 0.15) is 5.75 Å². The zero-order valence-corrected chi connectivity index (χ0v) is 10.9. The van der Waals surface area contributed by atoms with Crippen LogP contribution in [0.5, 0.6) is 5.75 Å². The normalized spacial score (nSPS) is 16.9. The van der Waals surface area contributed by atoms with E-state index in [2.05, 4.69) is 25.1 Å². The van der Waals surface area contributed by atoms with E-state index in [9.17, 15) is 0 Å². The highest BCUT2D eigenvalue weighted by Crippen LogP contribution is 2.42. The zero-order chi connectivity index (χ0) is 12.3. The molecule has 2 N–H and O–H groups in total. The van der Waals surface area contributed by atoms with Crippen molar-refractivity contribution in [2.45, 2.75) is 45.6 Å². The SMILES string of the molecule is CCCc1ccc(OCC)c(C(N)C2CC2)c1. The lowest BCUT2D eigenvalue weighted by atomic mass is 9.98. The molecule has 0 amide bonds. The van der Waals surface area contributed by atoms with Crippen LogP contribution in [0.15, 0.2) is 18.2 Å². The molecule has 0 aliphatic heterocycles. The van der Waals surface area contributed by atoms with Gasteiger partial charge in [0.05, 0.1) is 6.61 Å². The smallest absolute Gasteiger partial charge is 0.124 e. The number of benzene rings is 1. The topological polar surface area (TPSA) is 35.2 Å². The van der Waals surface area contributed by atoms with Crippen LogP contribution >= 0.6 is 0 Å². The molecule has 94 valence electrons. The molecule has 1 atom stereocenters. The summed E-state index contributed by atoms with van der Waals surface area (Å²) >= 11 is 0. The maximum atomic E-state index is 6.32. The van der Waals surface area contributed by atoms with E-state index < -0.39 is 0 Å². The van der Waals surface area contributed by atoms with E-state index in [-0.39, 0.29) is 6.04 Å². The fraction of sp³-hybridized carbons (Fsp3) is 0.600. The molecule has 0 radical (unpaired) electrons. The average molecular weight is 233 g/mol. The van der Waals surface area contributed by atoms with Gasteiger partial charge in [-0.2, -0.15) is 0 Å². The highest BCUT2D eigenvalue weighted by molar-refractivity contribution is 5.40. The Balaban J connectivity index is 2.25. The largest absolute Gasteiger partial charge is 0.494 e. The van der Waals surface area contributed by atoms with Gasteiger partial charge >= 0.3 is 0 Å². The van der Waals surface area contributed by atoms with Gasteiger partial charge in [-0.25, -0.2) is 0 Å². The lowest BCUT2D eigenvalue weighted by Gasteiger charge is -2.17. The molecular weight excluding hydrogens is 210 g/mol. The van der Waals surface area contributed by atoms with Crippen molar-refractivity contribution in [3.63, 3.8) is 0 Å². The average Bonchev–Trinajstić information content (AvgIpc) is 3.15. The van der Waals surface area contributed by atoms with E-state index in [4.69, 9.17) is 10.5 Å². The Bertz CT molecular complexity index is 371. The first kappa shape index (κ1) is 12.4. The Morgan fingerprint density at radius 2 is 2.12 bits per heavy atom. The lowest BCUT2D eigenvalue weighted by Crippen LogP contribution is -2.14. The molecule has 1 fully saturated rings. The van der Waals surface area contributed by atoms with Gasteiger partial charge < -0.3 is 10.5 Å². The number of aryl methyl sites for hydroxylation is 1. The number of hydrogen-bond donors (Lipinski definition) is 1. The molecule has 0 spiro atoms. The molecule has 0 aromatic heterocycles. The highest BCUT2D eigenvalue weighted by atomic mass is 16.5. The predicted octanol–water partition coefficient (Wildman–Crippen LogP) is 3.45. The second-order valence-electron chi connectivity index (χ2n) is 4.92. The van der Waals surface area contributed by atoms with E-state index in [0.717, 1.165) is 12.2 Å². The fourth-order valence-corrected chi connectivity index (χ4v) is 2.30. The second-order valence-corrected chi connectivity index (χ2v) is 4.92. The van der Waals surface area contributed by atoms with E-state index in [1.54, 1.807) is 0 Å². The number of nitrogens with two attached hydrogens (primary N) is 1. The third-order valence-corrected chi connectivity index (χ3v) is 3.40. The molecule has 2 heteroatoms. The van der Waals surface area contributed by atoms with Gasteiger partial charge in [0.25, 0.3) is 0 Å². The maximum Gasteiger partial charge on any atom is 0.124 e. The van der Waals surface area contributed by atoms with Crippen LogP contribution < -0.4 is 10.5 Å². The summed E-state index contributed by atoms with van der Waals surface area (Å²) in [6, 6.07) is 6.66. The quantitative estimate of drug-likeness (QED) is 0.816. The Kier molecular flexibility index (Phi) is 4.06. The van der Waals surface area contributed by atoms with Gasteiger partial charge in [0, 0.05) is 11.6 Å². The second kappa shape index (κ2) is 5.54. The van der Waals surface area contributed by atoms with Crippen LogP contribution in [0.3, 0.4) is 0 Å². The molecule has 1 unspecified atom stereocenters. The van der Waals surface area contributed by atoms with Gasteiger partial charge in [-0.1, -0.05) is 25.5 Å². The summed E-state index contributed by atoms with van der Waals surface area (Å²) in [5.41, 5.74) is 8.90. The van der Waals surface area contributed by atoms with Crippen LogP contribution in [0.1, 0.15) is 50.3 Å². The van der Waals surface area contributed by atoms with Gasteiger partial charge in [-0.15, -0.1) is 0 Å². The molecule has 1 aromatic rings. The molecule has 17 heavy (non-hydrogen) atoms. The van der Waals surface area contributed by atoms with Crippen molar-refractivity contribution in [3.05, 3.63) is 29.3 Å². The molecule has 0 saturated heterocycles. The van der Waals surface area contributed by atoms with Crippen LogP contribution in [0, 0.1) is 5.92 Å². The van der Waals surface area contributed by atoms with Crippen molar-refractivity contribution < 1.29 is 4.74 Å². The van der Waals surface area contributed by atoms with Crippen LogP contribution in [0.2, 0.25) is 0 Å². The van der Waals surface area contributed by atoms with E-state index in [0.29, 0.717) is 12.5 Å². The zero-order valence-electron chi connectivity index (χ0n) is 10.9. The first-order chi connectivity index (χ1) is 8.26. The standard InChI is InChI=1S/C15H23NO/c1-3-5-11-6-9-14(17-4-2)13(10-11)15(16)12-7-8-12/h6,9-10,12,15H,3-5,7-8,16H2,1-2H3. The molecule has 1 aliphatic rings.